The molecule has 1 heterocycles. The van der Waals surface area contributed by atoms with E-state index >= 15 is 0 Å². The molecule has 0 spiro atoms. The lowest BCUT2D eigenvalue weighted by molar-refractivity contribution is -0.104. The number of aromatic amines is 1. The number of carbonyl (C=O) groups excluding carboxylic acids is 1. The van der Waals surface area contributed by atoms with Gasteiger partial charge < -0.3 is 10.6 Å². The van der Waals surface area contributed by atoms with Gasteiger partial charge in [0.05, 0.1) is 12.3 Å². The van der Waals surface area contributed by atoms with Crippen LogP contribution in [0.25, 0.3) is 6.08 Å². The van der Waals surface area contributed by atoms with Gasteiger partial charge in [0.1, 0.15) is 6.29 Å². The summed E-state index contributed by atoms with van der Waals surface area (Å²) in [6, 6.07) is 5.06. The molecule has 1 atom stereocenters. The highest BCUT2D eigenvalue weighted by atomic mass is 19.3. The topological polar surface area (TPSA) is 87.1 Å². The van der Waals surface area contributed by atoms with Crippen molar-refractivity contribution in [2.24, 2.45) is 10.9 Å². The second kappa shape index (κ2) is 21.8. The number of H-pyrrole nitrogens is 1. The van der Waals surface area contributed by atoms with Crippen molar-refractivity contribution in [2.45, 2.75) is 80.3 Å². The van der Waals surface area contributed by atoms with Crippen LogP contribution in [0.5, 0.6) is 0 Å². The van der Waals surface area contributed by atoms with Crippen LogP contribution >= 0.6 is 0 Å². The van der Waals surface area contributed by atoms with E-state index in [0.717, 1.165) is 17.5 Å². The number of hydrogen-bond donors (Lipinski definition) is 3. The summed E-state index contributed by atoms with van der Waals surface area (Å²) >= 11 is 0. The number of alkyl halides is 2. The van der Waals surface area contributed by atoms with E-state index in [-0.39, 0.29) is 12.4 Å². The predicted octanol–water partition coefficient (Wildman–Crippen LogP) is 8.44. The summed E-state index contributed by atoms with van der Waals surface area (Å²) < 4.78 is 25.8. The molecular weight excluding hydrogens is 558 g/mol. The number of aldehydes is 1. The first-order valence-electron chi connectivity index (χ1n) is 14.8. The molecule has 1 saturated carbocycles. The van der Waals surface area contributed by atoms with Gasteiger partial charge in [-0.2, -0.15) is 0 Å². The van der Waals surface area contributed by atoms with E-state index in [2.05, 4.69) is 85.0 Å². The molecule has 1 fully saturated rings. The Morgan fingerprint density at radius 2 is 1.86 bits per heavy atom. The monoisotopic (exact) mass is 612 g/mol. The lowest BCUT2D eigenvalue weighted by Crippen LogP contribution is -2.24. The Balaban J connectivity index is 0.000000587. The molecular formula is C35H54F2N6O. The van der Waals surface area contributed by atoms with Crippen LogP contribution in [-0.4, -0.2) is 54.2 Å². The van der Waals surface area contributed by atoms with Crippen LogP contribution in [0.1, 0.15) is 76.4 Å². The Bertz CT molecular complexity index is 1290. The average Bonchev–Trinajstić information content (AvgIpc) is 3.82. The average molecular weight is 613 g/mol. The van der Waals surface area contributed by atoms with Gasteiger partial charge in [-0.1, -0.05) is 54.7 Å². The van der Waals surface area contributed by atoms with Gasteiger partial charge in [0.2, 0.25) is 5.82 Å². The first kappa shape index (κ1) is 40.1. The minimum absolute atomic E-state index is 0.144. The predicted molar refractivity (Wildman–Crippen MR) is 185 cm³/mol. The number of rotatable bonds is 11. The maximum absolute atomic E-state index is 12.3. The van der Waals surface area contributed by atoms with Crippen molar-refractivity contribution in [3.63, 3.8) is 0 Å². The van der Waals surface area contributed by atoms with Crippen LogP contribution in [0, 0.1) is 19.8 Å². The summed E-state index contributed by atoms with van der Waals surface area (Å²) in [6.45, 7) is 21.9. The van der Waals surface area contributed by atoms with E-state index in [1.54, 1.807) is 6.92 Å². The molecule has 3 rings (SSSR count). The van der Waals surface area contributed by atoms with Crippen LogP contribution in [0.4, 0.5) is 14.5 Å². The summed E-state index contributed by atoms with van der Waals surface area (Å²) in [6.07, 6.45) is 10.5. The summed E-state index contributed by atoms with van der Waals surface area (Å²) in [7, 11) is 5.50. The van der Waals surface area contributed by atoms with Crippen LogP contribution in [0.2, 0.25) is 0 Å². The molecule has 0 aliphatic heterocycles. The smallest absolute Gasteiger partial charge is 0.298 e. The minimum Gasteiger partial charge on any atom is -0.387 e. The number of halogens is 2. The molecule has 9 heteroatoms. The van der Waals surface area contributed by atoms with Gasteiger partial charge in [-0.25, -0.2) is 18.7 Å². The molecule has 1 aromatic heterocycles. The highest BCUT2D eigenvalue weighted by Gasteiger charge is 2.26. The molecule has 0 saturated heterocycles. The molecule has 1 aliphatic rings. The van der Waals surface area contributed by atoms with E-state index in [1.165, 1.54) is 58.6 Å². The Kier molecular flexibility index (Phi) is 19.9. The largest absolute Gasteiger partial charge is 0.387 e. The first-order valence-corrected chi connectivity index (χ1v) is 14.8. The first-order chi connectivity index (χ1) is 20.8. The summed E-state index contributed by atoms with van der Waals surface area (Å²) in [4.78, 5) is 14.3. The zero-order chi connectivity index (χ0) is 33.8. The van der Waals surface area contributed by atoms with Crippen LogP contribution < -0.4 is 10.6 Å². The van der Waals surface area contributed by atoms with Crippen molar-refractivity contribution < 1.29 is 13.6 Å². The Morgan fingerprint density at radius 3 is 2.23 bits per heavy atom. The van der Waals surface area contributed by atoms with Gasteiger partial charge in [0.15, 0.2) is 0 Å². The fourth-order valence-electron chi connectivity index (χ4n) is 3.82. The quantitative estimate of drug-likeness (QED) is 0.103. The molecule has 7 nitrogen and oxygen atoms in total. The zero-order valence-electron chi connectivity index (χ0n) is 28.4. The van der Waals surface area contributed by atoms with Gasteiger partial charge >= 0.3 is 0 Å². The number of benzene rings is 1. The molecule has 0 amide bonds. The van der Waals surface area contributed by atoms with Crippen LogP contribution in [0.3, 0.4) is 0 Å². The van der Waals surface area contributed by atoms with Gasteiger partial charge in [0.25, 0.3) is 6.43 Å². The van der Waals surface area contributed by atoms with E-state index < -0.39 is 6.43 Å². The third-order valence-corrected chi connectivity index (χ3v) is 6.92. The van der Waals surface area contributed by atoms with Crippen molar-refractivity contribution in [3.05, 3.63) is 88.8 Å². The zero-order valence-corrected chi connectivity index (χ0v) is 28.4. The normalized spacial score (nSPS) is 14.1. The maximum atomic E-state index is 12.3. The molecule has 3 N–H and O–H groups in total. The number of nitrogens with one attached hydrogen (secondary N) is 3. The Hall–Kier alpha value is -3.85. The molecule has 1 unspecified atom stereocenters. The number of aromatic nitrogens is 3. The number of carbonyl (C=O) groups is 1. The van der Waals surface area contributed by atoms with Crippen molar-refractivity contribution in [1.29, 1.82) is 0 Å². The molecule has 1 aromatic carbocycles. The van der Waals surface area contributed by atoms with Gasteiger partial charge in [0, 0.05) is 25.8 Å². The summed E-state index contributed by atoms with van der Waals surface area (Å²) in [5.41, 5.74) is 8.28. The van der Waals surface area contributed by atoms with Gasteiger partial charge in [-0.3, -0.25) is 9.79 Å². The second-order valence-corrected chi connectivity index (χ2v) is 10.7. The number of anilines is 1. The number of aliphatic imine (C=N–C) groups is 1. The lowest BCUT2D eigenvalue weighted by atomic mass is 10.0. The van der Waals surface area contributed by atoms with E-state index in [0.29, 0.717) is 17.6 Å². The highest BCUT2D eigenvalue weighted by Crippen LogP contribution is 2.31. The van der Waals surface area contributed by atoms with Crippen molar-refractivity contribution in [3.8, 4) is 0 Å². The lowest BCUT2D eigenvalue weighted by Gasteiger charge is -2.14. The van der Waals surface area contributed by atoms with E-state index in [1.807, 2.05) is 46.2 Å². The molecule has 0 bridgehead atoms. The molecule has 244 valence electrons. The third-order valence-electron chi connectivity index (χ3n) is 6.92. The second-order valence-electron chi connectivity index (χ2n) is 10.7. The Morgan fingerprint density at radius 1 is 1.23 bits per heavy atom. The highest BCUT2D eigenvalue weighted by molar-refractivity contribution is 5.98. The number of aryl methyl sites for hydroxylation is 2. The Labute approximate surface area is 264 Å². The third kappa shape index (κ3) is 15.6. The molecule has 0 radical (unpaired) electrons. The number of allylic oxidation sites excluding steroid dienone is 7. The molecule has 2 aromatic rings. The van der Waals surface area contributed by atoms with Gasteiger partial charge in [-0.15, -0.1) is 5.10 Å². The fraction of sp³-hybridized carbons (Fsp3) is 0.457. The fourth-order valence-corrected chi connectivity index (χ4v) is 3.82. The van der Waals surface area contributed by atoms with E-state index in [9.17, 15) is 13.6 Å². The minimum atomic E-state index is -2.62. The van der Waals surface area contributed by atoms with E-state index in [4.69, 9.17) is 0 Å². The van der Waals surface area contributed by atoms with Crippen molar-refractivity contribution in [1.82, 2.24) is 20.3 Å². The van der Waals surface area contributed by atoms with Gasteiger partial charge in [-0.05, 0) is 109 Å². The van der Waals surface area contributed by atoms with Crippen LogP contribution in [-0.2, 0) is 11.3 Å². The molecule has 1 aliphatic carbocycles. The summed E-state index contributed by atoms with van der Waals surface area (Å²) in [5, 5.41) is 12.1. The SMILES string of the molecule is C=C(C)/C(C)=C\C=C/C.C=Cc1cc(C)cc(C)c1NC.CN=C(/C=C(\C)C=O)Cn1[nH]nc1C(F)F.CNC(C)C1CC1. The molecule has 44 heavy (non-hydrogen) atoms. The van der Waals surface area contributed by atoms with Crippen molar-refractivity contribution >= 4 is 23.8 Å². The maximum Gasteiger partial charge on any atom is 0.298 e. The number of nitrogens with zero attached hydrogens (tertiary/aromatic N) is 3. The van der Waals surface area contributed by atoms with Crippen LogP contribution in [0.15, 0.2) is 71.3 Å². The van der Waals surface area contributed by atoms with Crippen molar-refractivity contribution in [2.75, 3.05) is 26.5 Å². The summed E-state index contributed by atoms with van der Waals surface area (Å²) in [5.74, 6) is 0.684. The standard InChI is InChI=1S/C11H15N.C9H12F2N4O.C9H14.C6H13N/c1-5-10-7-8(2)6-9(3)11(10)12-4;1-6(5-16)3-7(12-2)4-15-9(8(10)11)13-14-15;1-5-6-7-9(4)8(2)3;1-5(7-2)6-3-4-6/h5-7,12H,1H2,2-4H3;3,5,8,14H,4H2,1-2H3;5-7H,2H2,1,3-4H3;5-7H,3-4H2,1-2H3/b;6-3+,12-7?;6-5-,9-7-;. The number of hydrogen-bond acceptors (Lipinski definition) is 5.